The van der Waals surface area contributed by atoms with E-state index >= 15 is 0 Å². The van der Waals surface area contributed by atoms with E-state index in [1.54, 1.807) is 0 Å². The molecule has 1 N–H and O–H groups in total. The number of hydrogen-bond acceptors (Lipinski definition) is 4. The predicted molar refractivity (Wildman–Crippen MR) is 77.1 cm³/mol. The summed E-state index contributed by atoms with van der Waals surface area (Å²) in [7, 11) is 1.37. The van der Waals surface area contributed by atoms with Crippen LogP contribution in [-0.2, 0) is 9.53 Å². The molecule has 0 aliphatic carbocycles. The van der Waals surface area contributed by atoms with Gasteiger partial charge in [0.05, 0.1) is 17.7 Å². The van der Waals surface area contributed by atoms with Crippen LogP contribution in [0, 0.1) is 0 Å². The topological polar surface area (TPSA) is 68.3 Å². The molecule has 0 spiro atoms. The molecule has 20 heavy (non-hydrogen) atoms. The second-order valence-corrected chi connectivity index (χ2v) is 4.92. The average molecular weight is 319 g/mol. The summed E-state index contributed by atoms with van der Waals surface area (Å²) in [5, 5.41) is 3.22. The van der Waals surface area contributed by atoms with Crippen molar-refractivity contribution in [2.45, 2.75) is 25.7 Å². The second-order valence-electron chi connectivity index (χ2n) is 4.13. The Kier molecular flexibility index (Phi) is 7.33. The normalized spacial score (nSPS) is 10.2. The van der Waals surface area contributed by atoms with Crippen molar-refractivity contribution in [3.8, 4) is 0 Å². The number of hydrogen-bond donors (Lipinski definition) is 1. The number of aromatic nitrogens is 1. The highest BCUT2D eigenvalue weighted by Gasteiger charge is 2.11. The minimum Gasteiger partial charge on any atom is -0.469 e. The fraction of sp³-hybridized carbons (Fsp3) is 0.462. The molecule has 1 aromatic rings. The number of amides is 1. The molecule has 5 nitrogen and oxygen atoms in total. The first kappa shape index (κ1) is 16.7. The molecular formula is C13H16Cl2N2O3. The lowest BCUT2D eigenvalue weighted by molar-refractivity contribution is -0.140. The van der Waals surface area contributed by atoms with Gasteiger partial charge >= 0.3 is 5.97 Å². The van der Waals surface area contributed by atoms with Crippen molar-refractivity contribution in [3.63, 3.8) is 0 Å². The van der Waals surface area contributed by atoms with Gasteiger partial charge in [0.1, 0.15) is 5.15 Å². The Bertz CT molecular complexity index is 481. The van der Waals surface area contributed by atoms with Crippen molar-refractivity contribution in [2.75, 3.05) is 13.7 Å². The van der Waals surface area contributed by atoms with Crippen molar-refractivity contribution in [1.29, 1.82) is 0 Å². The monoisotopic (exact) mass is 318 g/mol. The Morgan fingerprint density at radius 1 is 1.30 bits per heavy atom. The van der Waals surface area contributed by atoms with Gasteiger partial charge in [0, 0.05) is 19.2 Å². The predicted octanol–water partition coefficient (Wildman–Crippen LogP) is 2.85. The standard InChI is InChI=1S/C13H16Cl2N2O3/c1-20-12(18)5-3-2-4-6-16-13(19)9-7-11(15)17-8-10(9)14/h7-8H,2-6H2,1H3,(H,16,19). The third kappa shape index (κ3) is 5.75. The van der Waals surface area contributed by atoms with E-state index in [2.05, 4.69) is 15.0 Å². The van der Waals surface area contributed by atoms with Gasteiger partial charge in [0.25, 0.3) is 5.91 Å². The van der Waals surface area contributed by atoms with Crippen LogP contribution in [0.2, 0.25) is 10.2 Å². The number of pyridine rings is 1. The molecule has 0 aliphatic heterocycles. The molecular weight excluding hydrogens is 303 g/mol. The van der Waals surface area contributed by atoms with E-state index in [-0.39, 0.29) is 22.1 Å². The van der Waals surface area contributed by atoms with Crippen LogP contribution in [0.4, 0.5) is 0 Å². The quantitative estimate of drug-likeness (QED) is 0.477. The summed E-state index contributed by atoms with van der Waals surface area (Å²) in [5.74, 6) is -0.500. The Labute approximate surface area is 127 Å². The van der Waals surface area contributed by atoms with Crippen LogP contribution in [0.5, 0.6) is 0 Å². The molecule has 110 valence electrons. The highest BCUT2D eigenvalue weighted by molar-refractivity contribution is 6.35. The molecule has 0 unspecified atom stereocenters. The smallest absolute Gasteiger partial charge is 0.305 e. The van der Waals surface area contributed by atoms with Gasteiger partial charge in [-0.15, -0.1) is 0 Å². The lowest BCUT2D eigenvalue weighted by Crippen LogP contribution is -2.24. The molecule has 0 aliphatic rings. The third-order valence-electron chi connectivity index (χ3n) is 2.64. The SMILES string of the molecule is COC(=O)CCCCCNC(=O)c1cc(Cl)ncc1Cl. The van der Waals surface area contributed by atoms with Gasteiger partial charge < -0.3 is 10.1 Å². The molecule has 1 aromatic heterocycles. The molecule has 0 saturated carbocycles. The first-order chi connectivity index (χ1) is 9.54. The number of nitrogens with one attached hydrogen (secondary N) is 1. The Morgan fingerprint density at radius 3 is 2.75 bits per heavy atom. The minimum absolute atomic E-state index is 0.216. The molecule has 0 saturated heterocycles. The molecule has 7 heteroatoms. The maximum Gasteiger partial charge on any atom is 0.305 e. The van der Waals surface area contributed by atoms with Crippen LogP contribution in [0.25, 0.3) is 0 Å². The molecule has 1 rings (SSSR count). The molecule has 0 bridgehead atoms. The van der Waals surface area contributed by atoms with Crippen LogP contribution < -0.4 is 5.32 Å². The number of halogens is 2. The van der Waals surface area contributed by atoms with Gasteiger partial charge in [-0.2, -0.15) is 0 Å². The number of esters is 1. The van der Waals surface area contributed by atoms with Crippen molar-refractivity contribution < 1.29 is 14.3 Å². The molecule has 0 radical (unpaired) electrons. The molecule has 0 atom stereocenters. The zero-order valence-electron chi connectivity index (χ0n) is 11.1. The summed E-state index contributed by atoms with van der Waals surface area (Å²) >= 11 is 11.6. The van der Waals surface area contributed by atoms with Gasteiger partial charge in [0.15, 0.2) is 0 Å². The third-order valence-corrected chi connectivity index (χ3v) is 3.15. The summed E-state index contributed by atoms with van der Waals surface area (Å²) in [6.45, 7) is 0.510. The van der Waals surface area contributed by atoms with Crippen molar-refractivity contribution in [1.82, 2.24) is 10.3 Å². The maximum atomic E-state index is 11.8. The van der Waals surface area contributed by atoms with Crippen molar-refractivity contribution in [2.24, 2.45) is 0 Å². The summed E-state index contributed by atoms with van der Waals surface area (Å²) in [6, 6.07) is 1.43. The van der Waals surface area contributed by atoms with E-state index in [4.69, 9.17) is 23.2 Å². The van der Waals surface area contributed by atoms with Crippen LogP contribution in [0.1, 0.15) is 36.0 Å². The van der Waals surface area contributed by atoms with E-state index in [1.807, 2.05) is 0 Å². The number of carbonyl (C=O) groups excluding carboxylic acids is 2. The Hall–Kier alpha value is -1.33. The van der Waals surface area contributed by atoms with E-state index in [9.17, 15) is 9.59 Å². The lowest BCUT2D eigenvalue weighted by atomic mass is 10.2. The number of nitrogens with zero attached hydrogens (tertiary/aromatic N) is 1. The Morgan fingerprint density at radius 2 is 2.05 bits per heavy atom. The van der Waals surface area contributed by atoms with E-state index in [0.717, 1.165) is 19.3 Å². The second kappa shape index (κ2) is 8.76. The fourth-order valence-corrected chi connectivity index (χ4v) is 1.90. The van der Waals surface area contributed by atoms with Gasteiger partial charge in [-0.1, -0.05) is 29.6 Å². The highest BCUT2D eigenvalue weighted by atomic mass is 35.5. The average Bonchev–Trinajstić information content (AvgIpc) is 2.44. The first-order valence-electron chi connectivity index (χ1n) is 6.20. The van der Waals surface area contributed by atoms with Crippen LogP contribution in [0.3, 0.4) is 0 Å². The number of carbonyl (C=O) groups is 2. The number of unbranched alkanes of at least 4 members (excludes halogenated alkanes) is 2. The number of methoxy groups -OCH3 is 1. The van der Waals surface area contributed by atoms with Crippen LogP contribution in [-0.4, -0.2) is 30.5 Å². The molecule has 1 amide bonds. The minimum atomic E-state index is -0.285. The highest BCUT2D eigenvalue weighted by Crippen LogP contribution is 2.17. The summed E-state index contributed by atoms with van der Waals surface area (Å²) < 4.78 is 4.54. The zero-order chi connectivity index (χ0) is 15.0. The number of rotatable bonds is 7. The fourth-order valence-electron chi connectivity index (χ4n) is 1.56. The van der Waals surface area contributed by atoms with Crippen molar-refractivity contribution >= 4 is 35.1 Å². The van der Waals surface area contributed by atoms with E-state index < -0.39 is 0 Å². The molecule has 0 fully saturated rings. The largest absolute Gasteiger partial charge is 0.469 e. The Balaban J connectivity index is 2.27. The molecule has 0 aromatic carbocycles. The lowest BCUT2D eigenvalue weighted by Gasteiger charge is -2.06. The van der Waals surface area contributed by atoms with Gasteiger partial charge in [-0.25, -0.2) is 4.98 Å². The van der Waals surface area contributed by atoms with Crippen LogP contribution >= 0.6 is 23.2 Å². The zero-order valence-corrected chi connectivity index (χ0v) is 12.6. The summed E-state index contributed by atoms with van der Waals surface area (Å²) in [5.41, 5.74) is 0.307. The summed E-state index contributed by atoms with van der Waals surface area (Å²) in [4.78, 5) is 26.5. The number of ether oxygens (including phenoxy) is 1. The first-order valence-corrected chi connectivity index (χ1v) is 6.96. The van der Waals surface area contributed by atoms with E-state index in [1.165, 1.54) is 19.4 Å². The van der Waals surface area contributed by atoms with Gasteiger partial charge in [-0.05, 0) is 18.9 Å². The molecule has 1 heterocycles. The van der Waals surface area contributed by atoms with Crippen molar-refractivity contribution in [3.05, 3.63) is 28.0 Å². The van der Waals surface area contributed by atoms with Gasteiger partial charge in [-0.3, -0.25) is 9.59 Å². The summed E-state index contributed by atoms with van der Waals surface area (Å²) in [6.07, 6.45) is 4.09. The van der Waals surface area contributed by atoms with E-state index in [0.29, 0.717) is 18.5 Å². The maximum absolute atomic E-state index is 11.8. The van der Waals surface area contributed by atoms with Crippen LogP contribution in [0.15, 0.2) is 12.3 Å². The van der Waals surface area contributed by atoms with Gasteiger partial charge in [0.2, 0.25) is 0 Å².